The van der Waals surface area contributed by atoms with Gasteiger partial charge in [-0.05, 0) is 24.0 Å². The van der Waals surface area contributed by atoms with E-state index in [2.05, 4.69) is 0 Å². The number of hydrogen-bond acceptors (Lipinski definition) is 3. The average Bonchev–Trinajstić information content (AvgIpc) is 2.71. The molecular formula is C24H30O4. The molecule has 0 saturated carbocycles. The fourth-order valence-corrected chi connectivity index (χ4v) is 3.19. The molecule has 0 saturated heterocycles. The van der Waals surface area contributed by atoms with Crippen LogP contribution >= 0.6 is 0 Å². The van der Waals surface area contributed by atoms with Crippen LogP contribution in [-0.4, -0.2) is 17.0 Å². The molecule has 1 atom stereocenters. The Morgan fingerprint density at radius 1 is 0.750 bits per heavy atom. The first-order chi connectivity index (χ1) is 13.6. The van der Waals surface area contributed by atoms with Crippen LogP contribution in [0.3, 0.4) is 0 Å². The lowest BCUT2D eigenvalue weighted by molar-refractivity contribution is -0.149. The van der Waals surface area contributed by atoms with Crippen LogP contribution in [0.25, 0.3) is 0 Å². The van der Waals surface area contributed by atoms with Gasteiger partial charge in [0.2, 0.25) is 0 Å². The fourth-order valence-electron chi connectivity index (χ4n) is 3.19. The van der Waals surface area contributed by atoms with E-state index in [1.165, 1.54) is 0 Å². The first-order valence-electron chi connectivity index (χ1n) is 10.2. The minimum absolute atomic E-state index is 0.157. The number of unbranched alkanes of at least 4 members (excludes halogenated alkanes) is 5. The van der Waals surface area contributed by atoms with Crippen molar-refractivity contribution in [1.82, 2.24) is 0 Å². The third kappa shape index (κ3) is 8.85. The summed E-state index contributed by atoms with van der Waals surface area (Å²) in [5.41, 5.74) is 2.16. The summed E-state index contributed by atoms with van der Waals surface area (Å²) in [5.74, 6) is -0.887. The first kappa shape index (κ1) is 21.7. The number of carboxylic acids is 1. The third-order valence-electron chi connectivity index (χ3n) is 4.73. The van der Waals surface area contributed by atoms with Crippen molar-refractivity contribution < 1.29 is 19.4 Å². The Hall–Kier alpha value is -2.62. The molecule has 0 aromatic heterocycles. The number of esters is 1. The van der Waals surface area contributed by atoms with Gasteiger partial charge >= 0.3 is 11.9 Å². The maximum absolute atomic E-state index is 12.3. The monoisotopic (exact) mass is 382 g/mol. The number of carboxylic acid groups (broad SMARTS) is 1. The van der Waals surface area contributed by atoms with Crippen LogP contribution in [0.15, 0.2) is 60.7 Å². The van der Waals surface area contributed by atoms with Gasteiger partial charge in [0, 0.05) is 19.3 Å². The molecule has 0 amide bonds. The lowest BCUT2D eigenvalue weighted by atomic mass is 10.0. The summed E-state index contributed by atoms with van der Waals surface area (Å²) < 4.78 is 5.81. The minimum atomic E-state index is -0.730. The van der Waals surface area contributed by atoms with E-state index in [1.54, 1.807) is 0 Å². The topological polar surface area (TPSA) is 63.6 Å². The molecule has 4 nitrogen and oxygen atoms in total. The molecule has 0 radical (unpaired) electrons. The molecule has 0 spiro atoms. The highest BCUT2D eigenvalue weighted by molar-refractivity contribution is 5.69. The SMILES string of the molecule is O=C(O)CCCCCCCCC(=O)OC(Cc1ccccc1)c1ccccc1. The van der Waals surface area contributed by atoms with Gasteiger partial charge in [-0.3, -0.25) is 9.59 Å². The van der Waals surface area contributed by atoms with Gasteiger partial charge in [0.25, 0.3) is 0 Å². The number of hydrogen-bond donors (Lipinski definition) is 1. The number of carbonyl (C=O) groups excluding carboxylic acids is 1. The molecular weight excluding hydrogens is 352 g/mol. The second kappa shape index (κ2) is 12.7. The quantitative estimate of drug-likeness (QED) is 0.355. The number of rotatable bonds is 13. The number of carbonyl (C=O) groups is 2. The van der Waals surface area contributed by atoms with E-state index in [0.29, 0.717) is 12.8 Å². The molecule has 2 rings (SSSR count). The first-order valence-corrected chi connectivity index (χ1v) is 10.2. The zero-order valence-electron chi connectivity index (χ0n) is 16.4. The predicted molar refractivity (Wildman–Crippen MR) is 110 cm³/mol. The van der Waals surface area contributed by atoms with Crippen LogP contribution in [-0.2, 0) is 20.7 Å². The molecule has 2 aromatic rings. The van der Waals surface area contributed by atoms with Crippen molar-refractivity contribution in [3.8, 4) is 0 Å². The van der Waals surface area contributed by atoms with Gasteiger partial charge in [-0.1, -0.05) is 86.3 Å². The Balaban J connectivity index is 1.74. The largest absolute Gasteiger partial charge is 0.481 e. The van der Waals surface area contributed by atoms with Crippen molar-refractivity contribution in [1.29, 1.82) is 0 Å². The molecule has 2 aromatic carbocycles. The molecule has 0 aliphatic heterocycles. The molecule has 0 bridgehead atoms. The standard InChI is InChI=1S/C24H30O4/c25-23(26)17-11-3-1-2-4-12-18-24(27)28-22(21-15-9-6-10-16-21)19-20-13-7-5-8-14-20/h5-10,13-16,22H,1-4,11-12,17-19H2,(H,25,26). The maximum atomic E-state index is 12.3. The van der Waals surface area contributed by atoms with Crippen molar-refractivity contribution in [2.75, 3.05) is 0 Å². The highest BCUT2D eigenvalue weighted by Gasteiger charge is 2.17. The minimum Gasteiger partial charge on any atom is -0.481 e. The molecule has 4 heteroatoms. The Bertz CT molecular complexity index is 697. The van der Waals surface area contributed by atoms with Gasteiger partial charge in [0.05, 0.1) is 0 Å². The molecule has 0 heterocycles. The van der Waals surface area contributed by atoms with Crippen molar-refractivity contribution >= 4 is 11.9 Å². The number of benzene rings is 2. The number of ether oxygens (including phenoxy) is 1. The van der Waals surface area contributed by atoms with E-state index in [0.717, 1.165) is 49.7 Å². The van der Waals surface area contributed by atoms with Gasteiger partial charge in [-0.2, -0.15) is 0 Å². The second-order valence-electron chi connectivity index (χ2n) is 7.09. The number of aliphatic carboxylic acids is 1. The van der Waals surface area contributed by atoms with E-state index < -0.39 is 5.97 Å². The molecule has 0 aliphatic rings. The molecule has 28 heavy (non-hydrogen) atoms. The zero-order chi connectivity index (χ0) is 20.0. The molecule has 1 N–H and O–H groups in total. The van der Waals surface area contributed by atoms with Crippen LogP contribution in [0.2, 0.25) is 0 Å². The van der Waals surface area contributed by atoms with Crippen LogP contribution in [0, 0.1) is 0 Å². The molecule has 1 unspecified atom stereocenters. The van der Waals surface area contributed by atoms with Gasteiger partial charge in [0.1, 0.15) is 6.10 Å². The van der Waals surface area contributed by atoms with Gasteiger partial charge in [-0.15, -0.1) is 0 Å². The third-order valence-corrected chi connectivity index (χ3v) is 4.73. The summed E-state index contributed by atoms with van der Waals surface area (Å²) in [5, 5.41) is 8.61. The van der Waals surface area contributed by atoms with Crippen LogP contribution < -0.4 is 0 Å². The lowest BCUT2D eigenvalue weighted by Gasteiger charge is -2.18. The van der Waals surface area contributed by atoms with Gasteiger partial charge in [-0.25, -0.2) is 0 Å². The van der Waals surface area contributed by atoms with Crippen molar-refractivity contribution in [2.24, 2.45) is 0 Å². The fraction of sp³-hybridized carbons (Fsp3) is 0.417. The van der Waals surface area contributed by atoms with Gasteiger partial charge < -0.3 is 9.84 Å². The Labute approximate surface area is 167 Å². The summed E-state index contributed by atoms with van der Waals surface area (Å²) >= 11 is 0. The summed E-state index contributed by atoms with van der Waals surface area (Å²) in [7, 11) is 0. The summed E-state index contributed by atoms with van der Waals surface area (Å²) in [6.45, 7) is 0. The van der Waals surface area contributed by atoms with Crippen LogP contribution in [0.4, 0.5) is 0 Å². The molecule has 0 fully saturated rings. The van der Waals surface area contributed by atoms with Crippen molar-refractivity contribution in [2.45, 2.75) is 63.9 Å². The predicted octanol–water partition coefficient (Wildman–Crippen LogP) is 5.72. The normalized spacial score (nSPS) is 11.7. The smallest absolute Gasteiger partial charge is 0.306 e. The van der Waals surface area contributed by atoms with Gasteiger partial charge in [0.15, 0.2) is 0 Å². The second-order valence-corrected chi connectivity index (χ2v) is 7.09. The summed E-state index contributed by atoms with van der Waals surface area (Å²) in [6, 6.07) is 20.0. The Morgan fingerprint density at radius 2 is 1.29 bits per heavy atom. The summed E-state index contributed by atoms with van der Waals surface area (Å²) in [4.78, 5) is 22.8. The Morgan fingerprint density at radius 3 is 1.89 bits per heavy atom. The Kier molecular flexibility index (Phi) is 9.84. The highest BCUT2D eigenvalue weighted by atomic mass is 16.5. The van der Waals surface area contributed by atoms with Crippen LogP contribution in [0.5, 0.6) is 0 Å². The van der Waals surface area contributed by atoms with Crippen LogP contribution in [0.1, 0.15) is 68.6 Å². The van der Waals surface area contributed by atoms with Crippen molar-refractivity contribution in [3.63, 3.8) is 0 Å². The molecule has 150 valence electrons. The average molecular weight is 382 g/mol. The van der Waals surface area contributed by atoms with E-state index in [4.69, 9.17) is 9.84 Å². The van der Waals surface area contributed by atoms with E-state index in [1.807, 2.05) is 60.7 Å². The summed E-state index contributed by atoms with van der Waals surface area (Å²) in [6.07, 6.45) is 6.55. The van der Waals surface area contributed by atoms with E-state index >= 15 is 0 Å². The van der Waals surface area contributed by atoms with E-state index in [-0.39, 0.29) is 18.5 Å². The lowest BCUT2D eigenvalue weighted by Crippen LogP contribution is -2.13. The van der Waals surface area contributed by atoms with Crippen molar-refractivity contribution in [3.05, 3.63) is 71.8 Å². The zero-order valence-corrected chi connectivity index (χ0v) is 16.4. The maximum Gasteiger partial charge on any atom is 0.306 e. The highest BCUT2D eigenvalue weighted by Crippen LogP contribution is 2.23. The van der Waals surface area contributed by atoms with E-state index in [9.17, 15) is 9.59 Å². The molecule has 0 aliphatic carbocycles.